The number of aromatic nitrogens is 1. The summed E-state index contributed by atoms with van der Waals surface area (Å²) in [4.78, 5) is 17.5. The summed E-state index contributed by atoms with van der Waals surface area (Å²) < 4.78 is 4.64. The Labute approximate surface area is 123 Å². The fourth-order valence-corrected chi connectivity index (χ4v) is 2.25. The lowest BCUT2D eigenvalue weighted by Crippen LogP contribution is -2.26. The topological polar surface area (TPSA) is 42.4 Å². The molecule has 1 heterocycles. The molecular formula is C15H17ClN2O2. The molecule has 0 aliphatic rings. The molecule has 0 saturated carbocycles. The Morgan fingerprint density at radius 1 is 1.40 bits per heavy atom. The summed E-state index contributed by atoms with van der Waals surface area (Å²) in [5, 5.41) is 1.52. The minimum atomic E-state index is -0.270. The zero-order chi connectivity index (χ0) is 14.7. The summed E-state index contributed by atoms with van der Waals surface area (Å²) in [6, 6.07) is 8.08. The van der Waals surface area contributed by atoms with Crippen molar-refractivity contribution >= 4 is 28.5 Å². The van der Waals surface area contributed by atoms with Gasteiger partial charge in [0, 0.05) is 17.5 Å². The number of pyridine rings is 1. The Kier molecular flexibility index (Phi) is 4.57. The predicted molar refractivity (Wildman–Crippen MR) is 79.8 cm³/mol. The highest BCUT2D eigenvalue weighted by Crippen LogP contribution is 2.22. The highest BCUT2D eigenvalue weighted by atomic mass is 35.5. The van der Waals surface area contributed by atoms with Crippen molar-refractivity contribution < 1.29 is 9.53 Å². The van der Waals surface area contributed by atoms with E-state index < -0.39 is 0 Å². The van der Waals surface area contributed by atoms with Crippen molar-refractivity contribution in [1.82, 2.24) is 9.88 Å². The fraction of sp³-hybridized carbons (Fsp3) is 0.333. The van der Waals surface area contributed by atoms with Gasteiger partial charge in [0.2, 0.25) is 0 Å². The van der Waals surface area contributed by atoms with Gasteiger partial charge in [0.1, 0.15) is 5.15 Å². The molecule has 4 nitrogen and oxygen atoms in total. The molecule has 0 amide bonds. The summed E-state index contributed by atoms with van der Waals surface area (Å²) in [7, 11) is 3.22. The van der Waals surface area contributed by atoms with E-state index in [2.05, 4.69) is 9.72 Å². The highest BCUT2D eigenvalue weighted by Gasteiger charge is 2.11. The normalized spacial score (nSPS) is 11.1. The highest BCUT2D eigenvalue weighted by molar-refractivity contribution is 6.30. The van der Waals surface area contributed by atoms with Crippen molar-refractivity contribution in [1.29, 1.82) is 0 Å². The number of methoxy groups -OCH3 is 1. The largest absolute Gasteiger partial charge is 0.468 e. The van der Waals surface area contributed by atoms with Gasteiger partial charge in [-0.05, 0) is 31.7 Å². The van der Waals surface area contributed by atoms with Crippen molar-refractivity contribution in [2.24, 2.45) is 0 Å². The second kappa shape index (κ2) is 6.20. The van der Waals surface area contributed by atoms with Gasteiger partial charge in [-0.25, -0.2) is 4.98 Å². The van der Waals surface area contributed by atoms with Gasteiger partial charge in [0.25, 0.3) is 0 Å². The van der Waals surface area contributed by atoms with E-state index in [-0.39, 0.29) is 12.5 Å². The van der Waals surface area contributed by atoms with E-state index in [0.29, 0.717) is 11.7 Å². The van der Waals surface area contributed by atoms with Crippen LogP contribution >= 0.6 is 11.6 Å². The number of ether oxygens (including phenoxy) is 1. The fourth-order valence-electron chi connectivity index (χ4n) is 2.04. The molecule has 2 rings (SSSR count). The van der Waals surface area contributed by atoms with E-state index in [1.54, 1.807) is 0 Å². The standard InChI is InChI=1S/C15H17ClN2O2/c1-10-4-5-11-7-12(15(16)17-13(11)6-10)8-18(2)9-14(19)20-3/h4-7H,8-9H2,1-3H3. The molecule has 0 atom stereocenters. The lowest BCUT2D eigenvalue weighted by Gasteiger charge is -2.16. The summed E-state index contributed by atoms with van der Waals surface area (Å²) in [5.41, 5.74) is 2.93. The van der Waals surface area contributed by atoms with E-state index in [0.717, 1.165) is 22.0 Å². The number of carbonyl (C=O) groups excluding carboxylic acids is 1. The lowest BCUT2D eigenvalue weighted by atomic mass is 10.1. The Bertz CT molecular complexity index is 643. The van der Waals surface area contributed by atoms with Crippen LogP contribution in [0.15, 0.2) is 24.3 Å². The zero-order valence-electron chi connectivity index (χ0n) is 11.8. The van der Waals surface area contributed by atoms with E-state index in [4.69, 9.17) is 11.6 Å². The van der Waals surface area contributed by atoms with E-state index in [1.807, 2.05) is 43.1 Å². The summed E-state index contributed by atoms with van der Waals surface area (Å²) >= 11 is 6.22. The van der Waals surface area contributed by atoms with Crippen LogP contribution in [0, 0.1) is 6.92 Å². The third-order valence-corrected chi connectivity index (χ3v) is 3.39. The van der Waals surface area contributed by atoms with Crippen LogP contribution < -0.4 is 0 Å². The second-order valence-corrected chi connectivity index (χ2v) is 5.24. The molecule has 20 heavy (non-hydrogen) atoms. The van der Waals surface area contributed by atoms with Crippen molar-refractivity contribution in [3.8, 4) is 0 Å². The van der Waals surface area contributed by atoms with Crippen LogP contribution in [0.4, 0.5) is 0 Å². The van der Waals surface area contributed by atoms with Gasteiger partial charge in [0.05, 0.1) is 19.2 Å². The molecule has 0 N–H and O–H groups in total. The van der Waals surface area contributed by atoms with Gasteiger partial charge in [0.15, 0.2) is 0 Å². The molecule has 0 saturated heterocycles. The Balaban J connectivity index is 2.24. The zero-order valence-corrected chi connectivity index (χ0v) is 12.6. The van der Waals surface area contributed by atoms with Crippen LogP contribution in [0.2, 0.25) is 5.15 Å². The van der Waals surface area contributed by atoms with Crippen LogP contribution in [0.1, 0.15) is 11.1 Å². The first-order chi connectivity index (χ1) is 9.49. The van der Waals surface area contributed by atoms with Crippen LogP contribution in [0.25, 0.3) is 10.9 Å². The number of halogens is 1. The minimum Gasteiger partial charge on any atom is -0.468 e. The predicted octanol–water partition coefficient (Wildman–Crippen LogP) is 2.80. The van der Waals surface area contributed by atoms with E-state index in [9.17, 15) is 4.79 Å². The molecule has 0 unspecified atom stereocenters. The number of esters is 1. The molecule has 106 valence electrons. The summed E-state index contributed by atoms with van der Waals surface area (Å²) in [5.74, 6) is -0.270. The number of rotatable bonds is 4. The smallest absolute Gasteiger partial charge is 0.319 e. The quantitative estimate of drug-likeness (QED) is 0.642. The lowest BCUT2D eigenvalue weighted by molar-refractivity contribution is -0.141. The Hall–Kier alpha value is -1.65. The molecule has 0 spiro atoms. The monoisotopic (exact) mass is 292 g/mol. The maximum absolute atomic E-state index is 11.2. The second-order valence-electron chi connectivity index (χ2n) is 4.88. The number of hydrogen-bond donors (Lipinski definition) is 0. The van der Waals surface area contributed by atoms with Crippen molar-refractivity contribution in [3.05, 3.63) is 40.5 Å². The third kappa shape index (κ3) is 3.46. The number of fused-ring (bicyclic) bond motifs is 1. The van der Waals surface area contributed by atoms with Crippen molar-refractivity contribution in [2.75, 3.05) is 20.7 Å². The van der Waals surface area contributed by atoms with Gasteiger partial charge in [-0.15, -0.1) is 0 Å². The average Bonchev–Trinajstić information content (AvgIpc) is 2.39. The summed E-state index contributed by atoms with van der Waals surface area (Å²) in [6.45, 7) is 2.79. The number of benzene rings is 1. The molecule has 0 aliphatic heterocycles. The SMILES string of the molecule is COC(=O)CN(C)Cc1cc2ccc(C)cc2nc1Cl. The Morgan fingerprint density at radius 2 is 2.15 bits per heavy atom. The summed E-state index contributed by atoms with van der Waals surface area (Å²) in [6.07, 6.45) is 0. The number of aryl methyl sites for hydroxylation is 1. The molecule has 0 radical (unpaired) electrons. The van der Waals surface area contributed by atoms with Crippen LogP contribution in [-0.4, -0.2) is 36.6 Å². The molecule has 2 aromatic rings. The first-order valence-corrected chi connectivity index (χ1v) is 6.68. The van der Waals surface area contributed by atoms with Gasteiger partial charge in [-0.2, -0.15) is 0 Å². The molecule has 1 aromatic carbocycles. The molecule has 1 aromatic heterocycles. The minimum absolute atomic E-state index is 0.221. The van der Waals surface area contributed by atoms with Crippen molar-refractivity contribution in [3.63, 3.8) is 0 Å². The maximum atomic E-state index is 11.2. The average molecular weight is 293 g/mol. The van der Waals surface area contributed by atoms with Crippen molar-refractivity contribution in [2.45, 2.75) is 13.5 Å². The van der Waals surface area contributed by atoms with Gasteiger partial charge < -0.3 is 4.74 Å². The first kappa shape index (κ1) is 14.8. The van der Waals surface area contributed by atoms with Crippen LogP contribution in [-0.2, 0) is 16.1 Å². The third-order valence-electron chi connectivity index (χ3n) is 3.07. The van der Waals surface area contributed by atoms with Gasteiger partial charge in [-0.3, -0.25) is 9.69 Å². The van der Waals surface area contributed by atoms with Gasteiger partial charge >= 0.3 is 5.97 Å². The van der Waals surface area contributed by atoms with Crippen LogP contribution in [0.5, 0.6) is 0 Å². The molecule has 0 aliphatic carbocycles. The molecule has 0 fully saturated rings. The maximum Gasteiger partial charge on any atom is 0.319 e. The molecule has 0 bridgehead atoms. The van der Waals surface area contributed by atoms with E-state index >= 15 is 0 Å². The number of nitrogens with zero attached hydrogens (tertiary/aromatic N) is 2. The molecular weight excluding hydrogens is 276 g/mol. The van der Waals surface area contributed by atoms with Crippen LogP contribution in [0.3, 0.4) is 0 Å². The van der Waals surface area contributed by atoms with E-state index in [1.165, 1.54) is 7.11 Å². The number of hydrogen-bond acceptors (Lipinski definition) is 4. The Morgan fingerprint density at radius 3 is 2.85 bits per heavy atom. The number of likely N-dealkylation sites (N-methyl/N-ethyl adjacent to an activating group) is 1. The first-order valence-electron chi connectivity index (χ1n) is 6.30. The number of carbonyl (C=O) groups is 1. The van der Waals surface area contributed by atoms with Gasteiger partial charge in [-0.1, -0.05) is 23.7 Å². The molecule has 5 heteroatoms.